The lowest BCUT2D eigenvalue weighted by Gasteiger charge is -2.15. The van der Waals surface area contributed by atoms with Crippen molar-refractivity contribution in [3.63, 3.8) is 0 Å². The first-order valence-corrected chi connectivity index (χ1v) is 20.5. The van der Waals surface area contributed by atoms with Crippen molar-refractivity contribution < 1.29 is 57.0 Å². The van der Waals surface area contributed by atoms with Gasteiger partial charge in [0, 0.05) is 21.8 Å². The summed E-state index contributed by atoms with van der Waals surface area (Å²) in [6.45, 7) is 0. The number of benzene rings is 5. The second-order valence-corrected chi connectivity index (χ2v) is 16.8. The average molecular weight is 838 g/mol. The van der Waals surface area contributed by atoms with Crippen LogP contribution >= 0.6 is 11.6 Å². The predicted octanol–water partition coefficient (Wildman–Crippen LogP) is 5.43. The number of azo groups is 1. The molecular formula is C29H20ClN7O13S4. The third-order valence-corrected chi connectivity index (χ3v) is 11.1. The number of hydrogen-bond donors (Lipinski definition) is 7. The minimum Gasteiger partial charge on any atom is -0.505 e. The van der Waals surface area contributed by atoms with Crippen molar-refractivity contribution in [3.8, 4) is 5.75 Å². The number of nitrogens with zero attached hydrogens (tertiary/aromatic N) is 5. The van der Waals surface area contributed by atoms with Gasteiger partial charge in [-0.3, -0.25) is 18.2 Å². The molecule has 0 radical (unpaired) electrons. The van der Waals surface area contributed by atoms with E-state index in [2.05, 4.69) is 35.8 Å². The molecule has 0 fully saturated rings. The maximum Gasteiger partial charge on any atom is 0.297 e. The van der Waals surface area contributed by atoms with E-state index in [0.717, 1.165) is 42.5 Å². The summed E-state index contributed by atoms with van der Waals surface area (Å²) in [6, 6.07) is 15.5. The van der Waals surface area contributed by atoms with E-state index >= 15 is 0 Å². The Labute approximate surface area is 309 Å². The molecule has 5 aromatic carbocycles. The molecule has 280 valence electrons. The molecule has 0 amide bonds. The van der Waals surface area contributed by atoms with Crippen molar-refractivity contribution in [2.45, 2.75) is 19.6 Å². The van der Waals surface area contributed by atoms with Crippen molar-refractivity contribution in [2.24, 2.45) is 10.2 Å². The van der Waals surface area contributed by atoms with Gasteiger partial charge in [0.1, 0.15) is 26.1 Å². The maximum absolute atomic E-state index is 12.6. The highest BCUT2D eigenvalue weighted by Gasteiger charge is 2.27. The number of aromatic nitrogens is 3. The zero-order chi connectivity index (χ0) is 39.4. The van der Waals surface area contributed by atoms with Crippen molar-refractivity contribution in [2.75, 3.05) is 10.6 Å². The number of fused-ring (bicyclic) bond motifs is 2. The molecule has 6 rings (SSSR count). The van der Waals surface area contributed by atoms with E-state index in [0.29, 0.717) is 11.8 Å². The Hall–Kier alpha value is -5.44. The van der Waals surface area contributed by atoms with Gasteiger partial charge in [0.2, 0.25) is 17.2 Å². The third kappa shape index (κ3) is 7.91. The van der Waals surface area contributed by atoms with Crippen molar-refractivity contribution >= 4 is 108 Å². The summed E-state index contributed by atoms with van der Waals surface area (Å²) in [5.74, 6) is -1.61. The monoisotopic (exact) mass is 837 g/mol. The quantitative estimate of drug-likeness (QED) is 0.0668. The summed E-state index contributed by atoms with van der Waals surface area (Å²) < 4.78 is 138. The van der Waals surface area contributed by atoms with Crippen LogP contribution in [0.5, 0.6) is 5.75 Å². The standard InChI is InChI=1S/C29H20ClN7O13S4/c30-27-33-28(31-15-5-2-1-3-6-15)35-29(34-27)32-20-13-16(51(39,40)41)11-14-12-22(53(45,46)47)24(25(38)23(14)20)37-36-19-10-9-17-18(26(19)54(48,49)50)7-4-8-21(17)52(42,43)44/h1-13,38H,(H,39,40,41)(H,42,43,44)(H,45,46,47)(H,48,49,50)(H2,31,32,33,34,35). The molecule has 0 saturated heterocycles. The highest BCUT2D eigenvalue weighted by atomic mass is 35.5. The second-order valence-electron chi connectivity index (χ2n) is 10.9. The van der Waals surface area contributed by atoms with Crippen LogP contribution in [0.1, 0.15) is 0 Å². The average Bonchev–Trinajstić information content (AvgIpc) is 3.05. The molecule has 0 aliphatic carbocycles. The summed E-state index contributed by atoms with van der Waals surface area (Å²) in [7, 11) is -20.6. The Balaban J connectivity index is 1.58. The second kappa shape index (κ2) is 13.8. The molecule has 1 aromatic heterocycles. The number of anilines is 4. The molecule has 0 bridgehead atoms. The Morgan fingerprint density at radius 1 is 0.611 bits per heavy atom. The van der Waals surface area contributed by atoms with Gasteiger partial charge >= 0.3 is 0 Å². The molecule has 0 atom stereocenters. The maximum atomic E-state index is 12.6. The minimum atomic E-state index is -5.37. The van der Waals surface area contributed by atoms with Crippen LogP contribution < -0.4 is 10.6 Å². The van der Waals surface area contributed by atoms with E-state index in [4.69, 9.17) is 11.6 Å². The van der Waals surface area contributed by atoms with Gasteiger partial charge in [0.15, 0.2) is 5.75 Å². The number of rotatable bonds is 10. The van der Waals surface area contributed by atoms with Gasteiger partial charge in [-0.25, -0.2) is 0 Å². The topological polar surface area (TPSA) is 325 Å². The van der Waals surface area contributed by atoms with E-state index in [1.165, 1.54) is 0 Å². The molecular weight excluding hydrogens is 818 g/mol. The van der Waals surface area contributed by atoms with Gasteiger partial charge in [-0.15, -0.1) is 10.2 Å². The predicted molar refractivity (Wildman–Crippen MR) is 191 cm³/mol. The number of aromatic hydroxyl groups is 1. The van der Waals surface area contributed by atoms with Gasteiger partial charge in [0.05, 0.1) is 10.6 Å². The van der Waals surface area contributed by atoms with Crippen LogP contribution in [0.4, 0.5) is 34.6 Å². The van der Waals surface area contributed by atoms with Gasteiger partial charge in [-0.05, 0) is 59.5 Å². The first kappa shape index (κ1) is 38.3. The third-order valence-electron chi connectivity index (χ3n) is 7.33. The number of para-hydroxylation sites is 1. The van der Waals surface area contributed by atoms with Crippen LogP contribution in [0.3, 0.4) is 0 Å². The first-order chi connectivity index (χ1) is 25.1. The molecule has 20 nitrogen and oxygen atoms in total. The van der Waals surface area contributed by atoms with Gasteiger partial charge in [0.25, 0.3) is 40.5 Å². The lowest BCUT2D eigenvalue weighted by Crippen LogP contribution is -2.06. The number of phenolic OH excluding ortho intramolecular Hbond substituents is 1. The normalized spacial score (nSPS) is 12.8. The molecule has 0 unspecified atom stereocenters. The fourth-order valence-electron chi connectivity index (χ4n) is 5.20. The largest absolute Gasteiger partial charge is 0.505 e. The number of nitrogens with one attached hydrogen (secondary N) is 2. The Morgan fingerprint density at radius 3 is 1.87 bits per heavy atom. The number of hydrogen-bond acceptors (Lipinski definition) is 16. The molecule has 54 heavy (non-hydrogen) atoms. The molecule has 0 saturated carbocycles. The summed E-state index contributed by atoms with van der Waals surface area (Å²) in [5.41, 5.74) is -1.69. The van der Waals surface area contributed by atoms with Crippen LogP contribution in [0.25, 0.3) is 21.5 Å². The van der Waals surface area contributed by atoms with Crippen molar-refractivity contribution in [1.29, 1.82) is 0 Å². The summed E-state index contributed by atoms with van der Waals surface area (Å²) in [5, 5.41) is 22.2. The smallest absolute Gasteiger partial charge is 0.297 e. The Morgan fingerprint density at radius 2 is 1.26 bits per heavy atom. The van der Waals surface area contributed by atoms with Crippen molar-refractivity contribution in [1.82, 2.24) is 15.0 Å². The Bertz CT molecular complexity index is 3030. The lowest BCUT2D eigenvalue weighted by atomic mass is 10.1. The zero-order valence-electron chi connectivity index (χ0n) is 26.3. The lowest BCUT2D eigenvalue weighted by molar-refractivity contribution is 0.472. The van der Waals surface area contributed by atoms with Crippen LogP contribution in [0, 0.1) is 0 Å². The summed E-state index contributed by atoms with van der Waals surface area (Å²) in [4.78, 5) is 8.21. The molecule has 1 heterocycles. The van der Waals surface area contributed by atoms with Gasteiger partial charge in [-0.1, -0.05) is 36.4 Å². The molecule has 0 spiro atoms. The van der Waals surface area contributed by atoms with Gasteiger partial charge in [-0.2, -0.15) is 48.6 Å². The minimum absolute atomic E-state index is 0.111. The van der Waals surface area contributed by atoms with Crippen LogP contribution in [-0.2, 0) is 40.5 Å². The molecule has 7 N–H and O–H groups in total. The molecule has 0 aliphatic heterocycles. The van der Waals surface area contributed by atoms with E-state index in [1.807, 2.05) is 0 Å². The molecule has 25 heteroatoms. The fraction of sp³-hybridized carbons (Fsp3) is 0. The number of phenols is 1. The summed E-state index contributed by atoms with van der Waals surface area (Å²) >= 11 is 6.09. The van der Waals surface area contributed by atoms with Crippen molar-refractivity contribution in [3.05, 3.63) is 84.1 Å². The SMILES string of the molecule is O=S(=O)(O)c1cc(Nc2nc(Cl)nc(Nc3ccccc3)n2)c2c(O)c(N=Nc3ccc4c(S(=O)(=O)O)cccc4c3S(=O)(=O)O)c(S(=O)(=O)O)cc2c1. The molecule has 6 aromatic rings. The van der Waals surface area contributed by atoms with E-state index < -0.39 is 99.0 Å². The Kier molecular flexibility index (Phi) is 9.76. The highest BCUT2D eigenvalue weighted by molar-refractivity contribution is 7.87. The van der Waals surface area contributed by atoms with Gasteiger partial charge < -0.3 is 15.7 Å². The highest BCUT2D eigenvalue weighted by Crippen LogP contribution is 2.46. The fourth-order valence-corrected chi connectivity index (χ4v) is 8.10. The van der Waals surface area contributed by atoms with Crippen LogP contribution in [0.15, 0.2) is 109 Å². The van der Waals surface area contributed by atoms with E-state index in [-0.39, 0.29) is 22.6 Å². The number of halogens is 1. The van der Waals surface area contributed by atoms with Crippen LogP contribution in [0.2, 0.25) is 5.28 Å². The van der Waals surface area contributed by atoms with E-state index in [1.54, 1.807) is 30.3 Å². The van der Waals surface area contributed by atoms with E-state index in [9.17, 15) is 57.0 Å². The summed E-state index contributed by atoms with van der Waals surface area (Å²) in [6.07, 6.45) is 0. The molecule has 0 aliphatic rings. The first-order valence-electron chi connectivity index (χ1n) is 14.3. The zero-order valence-corrected chi connectivity index (χ0v) is 30.3. The van der Waals surface area contributed by atoms with Crippen LogP contribution in [-0.4, -0.2) is 71.9 Å².